The van der Waals surface area contributed by atoms with Crippen molar-refractivity contribution in [2.45, 2.75) is 25.4 Å². The van der Waals surface area contributed by atoms with Crippen LogP contribution in [0.5, 0.6) is 11.5 Å². The average Bonchev–Trinajstić information content (AvgIpc) is 2.84. The Balaban J connectivity index is 0.00000208. The van der Waals surface area contributed by atoms with Crippen LogP contribution in [0.3, 0.4) is 0 Å². The molecule has 1 unspecified atom stereocenters. The number of benzene rings is 1. The van der Waals surface area contributed by atoms with Gasteiger partial charge in [0.15, 0.2) is 0 Å². The normalized spacial score (nSPS) is 18.2. The molecule has 0 saturated heterocycles. The molecule has 24 heavy (non-hydrogen) atoms. The number of hydrogen-bond donors (Lipinski definition) is 0. The number of alkyl halides is 3. The van der Waals surface area contributed by atoms with Crippen LogP contribution in [-0.2, 0) is 6.54 Å². The number of hydrogen-bond acceptors (Lipinski definition) is 4. The minimum Gasteiger partial charge on any atom is -0.485 e. The van der Waals surface area contributed by atoms with Gasteiger partial charge in [-0.1, -0.05) is 6.07 Å². The third-order valence-electron chi connectivity index (χ3n) is 3.63. The molecule has 0 bridgehead atoms. The summed E-state index contributed by atoms with van der Waals surface area (Å²) in [6.07, 6.45) is -2.67. The van der Waals surface area contributed by atoms with Gasteiger partial charge in [-0.3, -0.25) is 4.90 Å². The van der Waals surface area contributed by atoms with Gasteiger partial charge in [-0.2, -0.15) is 0 Å². The van der Waals surface area contributed by atoms with Crippen LogP contribution in [0.25, 0.3) is 0 Å². The van der Waals surface area contributed by atoms with E-state index in [-0.39, 0.29) is 24.3 Å². The van der Waals surface area contributed by atoms with Crippen LogP contribution < -0.4 is 9.47 Å². The monoisotopic (exact) mass is 363 g/mol. The van der Waals surface area contributed by atoms with Crippen LogP contribution in [0.15, 0.2) is 41.0 Å². The second-order valence-electron chi connectivity index (χ2n) is 5.45. The Bertz CT molecular complexity index is 675. The van der Waals surface area contributed by atoms with Gasteiger partial charge in [0.05, 0.1) is 12.8 Å². The summed E-state index contributed by atoms with van der Waals surface area (Å²) in [5.41, 5.74) is 0.927. The molecule has 2 heterocycles. The minimum atomic E-state index is -4.72. The van der Waals surface area contributed by atoms with Gasteiger partial charge in [-0.25, -0.2) is 0 Å². The first-order valence-corrected chi connectivity index (χ1v) is 7.18. The summed E-state index contributed by atoms with van der Waals surface area (Å²) < 4.78 is 52.2. The fourth-order valence-electron chi connectivity index (χ4n) is 2.61. The molecule has 0 radical (unpaired) electrons. The highest BCUT2D eigenvalue weighted by molar-refractivity contribution is 5.85. The first-order valence-electron chi connectivity index (χ1n) is 7.18. The summed E-state index contributed by atoms with van der Waals surface area (Å²) >= 11 is 0. The molecule has 1 aliphatic rings. The Morgan fingerprint density at radius 3 is 2.71 bits per heavy atom. The molecule has 1 aromatic carbocycles. The van der Waals surface area contributed by atoms with Gasteiger partial charge in [-0.15, -0.1) is 25.6 Å². The van der Waals surface area contributed by atoms with Gasteiger partial charge in [0.1, 0.15) is 23.4 Å². The Kier molecular flexibility index (Phi) is 5.66. The highest BCUT2D eigenvalue weighted by Crippen LogP contribution is 2.33. The maximum Gasteiger partial charge on any atom is 0.573 e. The van der Waals surface area contributed by atoms with E-state index in [1.807, 2.05) is 13.1 Å². The van der Waals surface area contributed by atoms with Crippen molar-refractivity contribution >= 4 is 12.4 Å². The summed E-state index contributed by atoms with van der Waals surface area (Å²) in [5.74, 6) is 0.847. The van der Waals surface area contributed by atoms with Crippen molar-refractivity contribution in [2.24, 2.45) is 0 Å². The van der Waals surface area contributed by atoms with E-state index in [0.717, 1.165) is 17.9 Å². The van der Waals surface area contributed by atoms with E-state index in [0.29, 0.717) is 18.7 Å². The van der Waals surface area contributed by atoms with E-state index in [9.17, 15) is 13.2 Å². The van der Waals surface area contributed by atoms with Crippen molar-refractivity contribution < 1.29 is 27.1 Å². The van der Waals surface area contributed by atoms with Gasteiger partial charge >= 0.3 is 6.36 Å². The maximum atomic E-state index is 12.3. The topological polar surface area (TPSA) is 34.8 Å². The van der Waals surface area contributed by atoms with E-state index in [1.54, 1.807) is 12.3 Å². The van der Waals surface area contributed by atoms with E-state index in [1.165, 1.54) is 18.2 Å². The van der Waals surface area contributed by atoms with Crippen molar-refractivity contribution in [2.75, 3.05) is 13.6 Å². The fourth-order valence-corrected chi connectivity index (χ4v) is 2.61. The molecule has 0 aliphatic carbocycles. The molecular weight excluding hydrogens is 347 g/mol. The zero-order valence-corrected chi connectivity index (χ0v) is 13.7. The molecule has 2 aromatic rings. The highest BCUT2D eigenvalue weighted by Gasteiger charge is 2.31. The van der Waals surface area contributed by atoms with Gasteiger partial charge < -0.3 is 13.9 Å². The first-order chi connectivity index (χ1) is 10.9. The lowest BCUT2D eigenvalue weighted by Gasteiger charge is -2.18. The fraction of sp³-hybridized carbons (Fsp3) is 0.375. The zero-order chi connectivity index (χ0) is 16.4. The van der Waals surface area contributed by atoms with Crippen molar-refractivity contribution in [1.29, 1.82) is 0 Å². The third-order valence-corrected chi connectivity index (χ3v) is 3.63. The summed E-state index contributed by atoms with van der Waals surface area (Å²) in [6, 6.07) is 7.40. The molecule has 132 valence electrons. The lowest BCUT2D eigenvalue weighted by molar-refractivity contribution is -0.274. The largest absolute Gasteiger partial charge is 0.573 e. The molecule has 0 N–H and O–H groups in total. The molecule has 1 atom stereocenters. The predicted molar refractivity (Wildman–Crippen MR) is 83.4 cm³/mol. The number of fused-ring (bicyclic) bond motifs is 1. The van der Waals surface area contributed by atoms with E-state index >= 15 is 0 Å². The van der Waals surface area contributed by atoms with Crippen LogP contribution in [-0.4, -0.2) is 24.9 Å². The summed E-state index contributed by atoms with van der Waals surface area (Å²) in [6.45, 7) is 1.48. The van der Waals surface area contributed by atoms with E-state index < -0.39 is 6.36 Å². The molecule has 0 amide bonds. The van der Waals surface area contributed by atoms with Crippen LogP contribution in [0, 0.1) is 0 Å². The lowest BCUT2D eigenvalue weighted by atomic mass is 10.1. The second-order valence-corrected chi connectivity index (χ2v) is 5.45. The molecule has 1 aromatic heterocycles. The first kappa shape index (κ1) is 18.5. The number of halogens is 4. The molecule has 1 aliphatic heterocycles. The Morgan fingerprint density at radius 2 is 1.96 bits per heavy atom. The SMILES string of the molecule is CN1CCC(Oc2cccc(OC(F)(F)F)c2)c2ccoc2C1.Cl. The number of ether oxygens (including phenoxy) is 2. The van der Waals surface area contributed by atoms with Crippen LogP contribution in [0.2, 0.25) is 0 Å². The molecule has 0 saturated carbocycles. The van der Waals surface area contributed by atoms with Crippen molar-refractivity contribution in [3.63, 3.8) is 0 Å². The van der Waals surface area contributed by atoms with Gasteiger partial charge in [0.2, 0.25) is 0 Å². The van der Waals surface area contributed by atoms with Crippen LogP contribution >= 0.6 is 12.4 Å². The molecule has 8 heteroatoms. The number of furan rings is 1. The Labute approximate surface area is 143 Å². The molecule has 0 spiro atoms. The van der Waals surface area contributed by atoms with E-state index in [4.69, 9.17) is 9.15 Å². The second kappa shape index (κ2) is 7.36. The average molecular weight is 364 g/mol. The Morgan fingerprint density at radius 1 is 1.21 bits per heavy atom. The van der Waals surface area contributed by atoms with Gasteiger partial charge in [-0.05, 0) is 25.2 Å². The standard InChI is InChI=1S/C16H16F3NO3.ClH/c1-20-7-5-14(13-6-8-21-15(13)10-20)22-11-3-2-4-12(9-11)23-16(17,18)19;/h2-4,6,8-9,14H,5,7,10H2,1H3;1H. The quantitative estimate of drug-likeness (QED) is 0.801. The van der Waals surface area contributed by atoms with Gasteiger partial charge in [0, 0.05) is 24.6 Å². The molecule has 4 nitrogen and oxygen atoms in total. The predicted octanol–water partition coefficient (Wildman–Crippen LogP) is 4.56. The number of nitrogens with zero attached hydrogens (tertiary/aromatic N) is 1. The van der Waals surface area contributed by atoms with Crippen LogP contribution in [0.1, 0.15) is 23.8 Å². The highest BCUT2D eigenvalue weighted by atomic mass is 35.5. The van der Waals surface area contributed by atoms with Crippen molar-refractivity contribution in [3.05, 3.63) is 47.9 Å². The third kappa shape index (κ3) is 4.58. The summed E-state index contributed by atoms with van der Waals surface area (Å²) in [4.78, 5) is 2.11. The maximum absolute atomic E-state index is 12.3. The van der Waals surface area contributed by atoms with Crippen molar-refractivity contribution in [3.8, 4) is 11.5 Å². The molecule has 3 rings (SSSR count). The summed E-state index contributed by atoms with van der Waals surface area (Å²) in [7, 11) is 1.98. The van der Waals surface area contributed by atoms with Crippen LogP contribution in [0.4, 0.5) is 13.2 Å². The minimum absolute atomic E-state index is 0. The smallest absolute Gasteiger partial charge is 0.485 e. The number of rotatable bonds is 3. The molecular formula is C16H17ClF3NO3. The van der Waals surface area contributed by atoms with E-state index in [2.05, 4.69) is 9.64 Å². The van der Waals surface area contributed by atoms with Crippen molar-refractivity contribution in [1.82, 2.24) is 4.90 Å². The molecule has 0 fully saturated rings. The summed E-state index contributed by atoms with van der Waals surface area (Å²) in [5, 5.41) is 0. The lowest BCUT2D eigenvalue weighted by Crippen LogP contribution is -2.18. The Hall–Kier alpha value is -1.86. The van der Waals surface area contributed by atoms with Gasteiger partial charge in [0.25, 0.3) is 0 Å². The zero-order valence-electron chi connectivity index (χ0n) is 12.9.